The number of nitrogens with one attached hydrogen (secondary N) is 2. The number of rotatable bonds is 4. The van der Waals surface area contributed by atoms with Crippen molar-refractivity contribution in [3.63, 3.8) is 0 Å². The molecule has 0 aromatic carbocycles. The Balaban J connectivity index is 1.34. The summed E-state index contributed by atoms with van der Waals surface area (Å²) in [7, 11) is 6.01. The molecule has 3 fully saturated rings. The number of nitrogens with zero attached hydrogens (tertiary/aromatic N) is 6. The molecule has 3 N–H and O–H groups in total. The second-order valence-corrected chi connectivity index (χ2v) is 9.30. The highest BCUT2D eigenvalue weighted by Gasteiger charge is 2.42. The van der Waals surface area contributed by atoms with E-state index in [4.69, 9.17) is 0 Å². The predicted octanol–water partition coefficient (Wildman–Crippen LogP) is 0.423. The highest BCUT2D eigenvalue weighted by atomic mass is 16.3. The van der Waals surface area contributed by atoms with Crippen LogP contribution in [0.3, 0.4) is 0 Å². The van der Waals surface area contributed by atoms with Gasteiger partial charge in [0.2, 0.25) is 0 Å². The third-order valence-electron chi connectivity index (χ3n) is 7.19. The van der Waals surface area contributed by atoms with Crippen LogP contribution in [0.5, 0.6) is 0 Å². The van der Waals surface area contributed by atoms with E-state index in [1.54, 1.807) is 6.33 Å². The Morgan fingerprint density at radius 3 is 2.77 bits per heavy atom. The average molecular weight is 413 g/mol. The summed E-state index contributed by atoms with van der Waals surface area (Å²) in [5.41, 5.74) is 9.38. The first-order valence-electron chi connectivity index (χ1n) is 10.9. The van der Waals surface area contributed by atoms with Crippen LogP contribution in [0.2, 0.25) is 0 Å². The zero-order valence-corrected chi connectivity index (χ0v) is 17.9. The molecule has 0 spiro atoms. The van der Waals surface area contributed by atoms with Crippen LogP contribution in [0.15, 0.2) is 24.8 Å². The summed E-state index contributed by atoms with van der Waals surface area (Å²) in [6, 6.07) is 2.85. The van der Waals surface area contributed by atoms with Gasteiger partial charge in [-0.25, -0.2) is 15.4 Å². The summed E-state index contributed by atoms with van der Waals surface area (Å²) in [6.07, 6.45) is 8.90. The van der Waals surface area contributed by atoms with Gasteiger partial charge in [-0.3, -0.25) is 10.1 Å². The van der Waals surface area contributed by atoms with Crippen LogP contribution >= 0.6 is 0 Å². The summed E-state index contributed by atoms with van der Waals surface area (Å²) < 4.78 is 1.90. The Morgan fingerprint density at radius 2 is 2.03 bits per heavy atom. The number of hydrogen-bond donors (Lipinski definition) is 3. The van der Waals surface area contributed by atoms with Crippen molar-refractivity contribution in [3.8, 4) is 0 Å². The van der Waals surface area contributed by atoms with Gasteiger partial charge in [0.15, 0.2) is 0 Å². The summed E-state index contributed by atoms with van der Waals surface area (Å²) in [6.45, 7) is 1.38. The maximum absolute atomic E-state index is 10.4. The molecule has 3 aliphatic rings. The van der Waals surface area contributed by atoms with Crippen LogP contribution in [0.25, 0.3) is 0 Å². The Hall–Kier alpha value is -2.07. The number of aromatic nitrogens is 4. The van der Waals surface area contributed by atoms with E-state index in [1.807, 2.05) is 32.0 Å². The van der Waals surface area contributed by atoms with Crippen molar-refractivity contribution in [1.82, 2.24) is 35.5 Å². The van der Waals surface area contributed by atoms with Gasteiger partial charge in [-0.2, -0.15) is 5.10 Å². The maximum atomic E-state index is 10.4. The van der Waals surface area contributed by atoms with E-state index in [0.29, 0.717) is 24.4 Å². The quantitative estimate of drug-likeness (QED) is 0.665. The Labute approximate surface area is 177 Å². The van der Waals surface area contributed by atoms with Gasteiger partial charge in [0.1, 0.15) is 12.1 Å². The first kappa shape index (κ1) is 19.9. The number of hydrogen-bond acceptors (Lipinski definition) is 8. The molecule has 9 nitrogen and oxygen atoms in total. The standard InChI is InChI=1S/C21H32N8O/c1-27(2)18-10-29(11-19(18)30)20-7-17(22-12-23-20)21-15-6-13(4-5-16(15)25-26-21)14-8-24-28(3)9-14/h7-9,12-13,15-16,18-19,21,25-26,30H,4-6,10-11H2,1-3H3/t13?,15?,16?,18-,19-,21?/m0/s1. The molecule has 1 aliphatic carbocycles. The van der Waals surface area contributed by atoms with Crippen LogP contribution in [0, 0.1) is 5.92 Å². The highest BCUT2D eigenvalue weighted by Crippen LogP contribution is 2.43. The van der Waals surface area contributed by atoms with E-state index >= 15 is 0 Å². The molecule has 0 radical (unpaired) electrons. The minimum atomic E-state index is -0.368. The number of aliphatic hydroxyl groups is 1. The zero-order chi connectivity index (χ0) is 20.8. The van der Waals surface area contributed by atoms with Gasteiger partial charge in [0.25, 0.3) is 0 Å². The summed E-state index contributed by atoms with van der Waals surface area (Å²) in [5, 5.41) is 14.8. The van der Waals surface area contributed by atoms with Crippen LogP contribution in [-0.4, -0.2) is 75.1 Å². The Morgan fingerprint density at radius 1 is 1.17 bits per heavy atom. The molecule has 30 heavy (non-hydrogen) atoms. The largest absolute Gasteiger partial charge is 0.390 e. The molecule has 162 valence electrons. The minimum Gasteiger partial charge on any atom is -0.390 e. The normalized spacial score (nSPS) is 34.0. The fourth-order valence-corrected chi connectivity index (χ4v) is 5.47. The lowest BCUT2D eigenvalue weighted by molar-refractivity contribution is 0.114. The minimum absolute atomic E-state index is 0.123. The second kappa shape index (κ2) is 7.88. The van der Waals surface area contributed by atoms with E-state index < -0.39 is 0 Å². The van der Waals surface area contributed by atoms with Gasteiger partial charge < -0.3 is 14.9 Å². The summed E-state index contributed by atoms with van der Waals surface area (Å²) in [4.78, 5) is 13.4. The number of aryl methyl sites for hydroxylation is 1. The lowest BCUT2D eigenvalue weighted by atomic mass is 9.73. The van der Waals surface area contributed by atoms with E-state index in [2.05, 4.69) is 48.0 Å². The molecule has 5 rings (SSSR count). The third kappa shape index (κ3) is 3.60. The van der Waals surface area contributed by atoms with Gasteiger partial charge in [-0.05, 0) is 50.8 Å². The lowest BCUT2D eigenvalue weighted by Gasteiger charge is -2.32. The molecule has 4 unspecified atom stereocenters. The van der Waals surface area contributed by atoms with Crippen molar-refractivity contribution < 1.29 is 5.11 Å². The van der Waals surface area contributed by atoms with E-state index in [0.717, 1.165) is 30.9 Å². The van der Waals surface area contributed by atoms with Crippen LogP contribution in [0.1, 0.15) is 42.5 Å². The van der Waals surface area contributed by atoms with Crippen molar-refractivity contribution in [2.45, 2.75) is 49.4 Å². The van der Waals surface area contributed by atoms with Gasteiger partial charge in [0, 0.05) is 38.4 Å². The first-order valence-corrected chi connectivity index (χ1v) is 10.9. The number of aliphatic hydroxyl groups excluding tert-OH is 1. The number of hydrazine groups is 1. The summed E-state index contributed by atoms with van der Waals surface area (Å²) >= 11 is 0. The van der Waals surface area contributed by atoms with Crippen LogP contribution in [0.4, 0.5) is 5.82 Å². The monoisotopic (exact) mass is 412 g/mol. The number of β-amino-alcohol motifs (C(OH)–C–C–N with tert-alkyl or cyclic N) is 1. The fraction of sp³-hybridized carbons (Fsp3) is 0.667. The SMILES string of the molecule is CN(C)[C@H]1CN(c2cc(C3NNC4CCC(c5cnn(C)c5)CC43)ncn2)C[C@@H]1O. The zero-order valence-electron chi connectivity index (χ0n) is 17.9. The second-order valence-electron chi connectivity index (χ2n) is 9.30. The topological polar surface area (TPSA) is 94.4 Å². The number of anilines is 1. The molecular formula is C21H32N8O. The third-order valence-corrected chi connectivity index (χ3v) is 7.19. The lowest BCUT2D eigenvalue weighted by Crippen LogP contribution is -2.38. The average Bonchev–Trinajstić information content (AvgIpc) is 3.45. The number of fused-ring (bicyclic) bond motifs is 1. The summed E-state index contributed by atoms with van der Waals surface area (Å²) in [5.74, 6) is 1.92. The van der Waals surface area contributed by atoms with Crippen molar-refractivity contribution in [2.24, 2.45) is 13.0 Å². The number of likely N-dealkylation sites (N-methyl/N-ethyl adjacent to an activating group) is 1. The molecule has 2 aliphatic heterocycles. The van der Waals surface area contributed by atoms with Crippen LogP contribution < -0.4 is 15.8 Å². The first-order chi connectivity index (χ1) is 14.5. The predicted molar refractivity (Wildman–Crippen MR) is 114 cm³/mol. The van der Waals surface area contributed by atoms with Crippen molar-refractivity contribution in [1.29, 1.82) is 0 Å². The smallest absolute Gasteiger partial charge is 0.132 e. The van der Waals surface area contributed by atoms with E-state index in [9.17, 15) is 5.11 Å². The molecule has 2 aromatic heterocycles. The molecule has 0 bridgehead atoms. The molecule has 4 heterocycles. The molecular weight excluding hydrogens is 380 g/mol. The van der Waals surface area contributed by atoms with E-state index in [1.165, 1.54) is 12.0 Å². The molecule has 2 saturated heterocycles. The molecule has 0 amide bonds. The molecule has 2 aromatic rings. The van der Waals surface area contributed by atoms with Gasteiger partial charge in [-0.15, -0.1) is 0 Å². The van der Waals surface area contributed by atoms with Crippen molar-refractivity contribution in [3.05, 3.63) is 36.0 Å². The van der Waals surface area contributed by atoms with Gasteiger partial charge in [0.05, 0.1) is 30.1 Å². The highest BCUT2D eigenvalue weighted by molar-refractivity contribution is 5.42. The molecule has 6 atom stereocenters. The molecule has 1 saturated carbocycles. The fourth-order valence-electron chi connectivity index (χ4n) is 5.47. The van der Waals surface area contributed by atoms with Crippen LogP contribution in [-0.2, 0) is 7.05 Å². The Kier molecular flexibility index (Phi) is 5.22. The maximum Gasteiger partial charge on any atom is 0.132 e. The van der Waals surface area contributed by atoms with Crippen molar-refractivity contribution in [2.75, 3.05) is 32.1 Å². The Bertz CT molecular complexity index is 885. The molecule has 9 heteroatoms. The van der Waals surface area contributed by atoms with Crippen molar-refractivity contribution >= 4 is 5.82 Å². The van der Waals surface area contributed by atoms with E-state index in [-0.39, 0.29) is 18.2 Å². The van der Waals surface area contributed by atoms with Gasteiger partial charge >= 0.3 is 0 Å². The van der Waals surface area contributed by atoms with Gasteiger partial charge in [-0.1, -0.05) is 0 Å².